The van der Waals surface area contributed by atoms with E-state index in [0.29, 0.717) is 23.2 Å². The average Bonchev–Trinajstić information content (AvgIpc) is 2.84. The summed E-state index contributed by atoms with van der Waals surface area (Å²) < 4.78 is 5.88. The van der Waals surface area contributed by atoms with Crippen molar-refractivity contribution in [2.24, 2.45) is 29.1 Å². The number of ether oxygens (including phenoxy) is 1. The summed E-state index contributed by atoms with van der Waals surface area (Å²) in [5.74, 6) is 3.57. The molecule has 0 aromatic heterocycles. The van der Waals surface area contributed by atoms with E-state index in [9.17, 15) is 4.79 Å². The molecule has 4 rings (SSSR count). The number of hydrogen-bond acceptors (Lipinski definition) is 2. The Kier molecular flexibility index (Phi) is 3.47. The van der Waals surface area contributed by atoms with Gasteiger partial charge in [-0.2, -0.15) is 0 Å². The van der Waals surface area contributed by atoms with Crippen LogP contribution in [0.2, 0.25) is 0 Å². The topological polar surface area (TPSA) is 26.3 Å². The van der Waals surface area contributed by atoms with E-state index < -0.39 is 0 Å². The molecule has 120 valence electrons. The molecule has 6 unspecified atom stereocenters. The normalized spacial score (nSPS) is 47.0. The van der Waals surface area contributed by atoms with Crippen molar-refractivity contribution in [3.8, 4) is 0 Å². The summed E-state index contributed by atoms with van der Waals surface area (Å²) in [7, 11) is 0. The molecule has 4 aliphatic carbocycles. The third-order valence-electron chi connectivity index (χ3n) is 7.47. The van der Waals surface area contributed by atoms with Crippen molar-refractivity contribution in [2.75, 3.05) is 0 Å². The first-order valence-electron chi connectivity index (χ1n) is 9.13. The van der Waals surface area contributed by atoms with E-state index in [-0.39, 0.29) is 0 Å². The van der Waals surface area contributed by atoms with Gasteiger partial charge in [-0.15, -0.1) is 0 Å². The van der Waals surface area contributed by atoms with Gasteiger partial charge in [-0.05, 0) is 74.7 Å². The quantitative estimate of drug-likeness (QED) is 0.693. The van der Waals surface area contributed by atoms with E-state index in [1.54, 1.807) is 6.26 Å². The first-order chi connectivity index (χ1) is 10.6. The van der Waals surface area contributed by atoms with Crippen molar-refractivity contribution in [1.29, 1.82) is 0 Å². The lowest BCUT2D eigenvalue weighted by Gasteiger charge is -2.53. The van der Waals surface area contributed by atoms with Crippen LogP contribution in [0.1, 0.15) is 58.3 Å². The lowest BCUT2D eigenvalue weighted by Crippen LogP contribution is -2.47. The molecule has 0 N–H and O–H groups in total. The second-order valence-electron chi connectivity index (χ2n) is 8.22. The zero-order valence-electron chi connectivity index (χ0n) is 13.7. The Morgan fingerprint density at radius 3 is 2.86 bits per heavy atom. The van der Waals surface area contributed by atoms with Crippen LogP contribution in [0.4, 0.5) is 0 Å². The van der Waals surface area contributed by atoms with E-state index in [1.807, 2.05) is 6.08 Å². The number of ketones is 1. The van der Waals surface area contributed by atoms with Crippen molar-refractivity contribution < 1.29 is 9.53 Å². The molecule has 0 amide bonds. The van der Waals surface area contributed by atoms with Gasteiger partial charge in [0.2, 0.25) is 0 Å². The Balaban J connectivity index is 1.59. The van der Waals surface area contributed by atoms with Gasteiger partial charge >= 0.3 is 0 Å². The summed E-state index contributed by atoms with van der Waals surface area (Å²) in [6.45, 7) is 6.24. The van der Waals surface area contributed by atoms with Gasteiger partial charge in [0, 0.05) is 11.8 Å². The predicted molar refractivity (Wildman–Crippen MR) is 87.2 cm³/mol. The molecule has 0 saturated heterocycles. The summed E-state index contributed by atoms with van der Waals surface area (Å²) in [5, 5.41) is 0. The van der Waals surface area contributed by atoms with Crippen molar-refractivity contribution >= 4 is 5.78 Å². The van der Waals surface area contributed by atoms with Crippen molar-refractivity contribution in [3.63, 3.8) is 0 Å². The summed E-state index contributed by atoms with van der Waals surface area (Å²) in [5.41, 5.74) is 1.83. The molecule has 0 spiro atoms. The smallest absolute Gasteiger partial charge is 0.155 e. The largest absolute Gasteiger partial charge is 0.498 e. The molecule has 2 heteroatoms. The minimum atomic E-state index is 0.348. The number of fused-ring (bicyclic) bond motifs is 5. The number of carbonyl (C=O) groups excluding carboxylic acids is 1. The molecule has 4 aliphatic rings. The Morgan fingerprint density at radius 1 is 1.18 bits per heavy atom. The van der Waals surface area contributed by atoms with E-state index in [1.165, 1.54) is 37.7 Å². The predicted octanol–water partition coefficient (Wildman–Crippen LogP) is 4.66. The Labute approximate surface area is 134 Å². The van der Waals surface area contributed by atoms with Crippen molar-refractivity contribution in [3.05, 3.63) is 24.5 Å². The van der Waals surface area contributed by atoms with Crippen molar-refractivity contribution in [1.82, 2.24) is 0 Å². The molecule has 2 nitrogen and oxygen atoms in total. The zero-order chi connectivity index (χ0) is 15.3. The Morgan fingerprint density at radius 2 is 2.05 bits per heavy atom. The first-order valence-corrected chi connectivity index (χ1v) is 9.13. The lowest BCUT2D eigenvalue weighted by molar-refractivity contribution is -0.116. The Bertz CT molecular complexity index is 520. The number of allylic oxidation sites excluding steroid dienone is 1. The van der Waals surface area contributed by atoms with Gasteiger partial charge in [0.25, 0.3) is 0 Å². The summed E-state index contributed by atoms with van der Waals surface area (Å²) in [6, 6.07) is 0. The van der Waals surface area contributed by atoms with Crippen LogP contribution in [0.3, 0.4) is 0 Å². The van der Waals surface area contributed by atoms with Crippen LogP contribution in [-0.2, 0) is 9.53 Å². The highest BCUT2D eigenvalue weighted by Gasteiger charge is 2.56. The molecule has 0 aromatic carbocycles. The highest BCUT2D eigenvalue weighted by atomic mass is 16.5. The fourth-order valence-electron chi connectivity index (χ4n) is 6.47. The third-order valence-corrected chi connectivity index (χ3v) is 7.47. The van der Waals surface area contributed by atoms with Crippen LogP contribution in [0.25, 0.3) is 0 Å². The van der Waals surface area contributed by atoms with Gasteiger partial charge < -0.3 is 4.74 Å². The molecule has 3 saturated carbocycles. The molecule has 0 aliphatic heterocycles. The molecule has 22 heavy (non-hydrogen) atoms. The maximum Gasteiger partial charge on any atom is 0.155 e. The fourth-order valence-corrected chi connectivity index (χ4v) is 6.47. The Hall–Kier alpha value is -1.05. The zero-order valence-corrected chi connectivity index (χ0v) is 13.7. The molecule has 3 fully saturated rings. The number of rotatable bonds is 2. The maximum atomic E-state index is 11.7. The molecule has 6 atom stereocenters. The highest BCUT2D eigenvalue weighted by Crippen LogP contribution is 2.62. The first kappa shape index (κ1) is 14.5. The van der Waals surface area contributed by atoms with Gasteiger partial charge in [0.05, 0.1) is 6.26 Å². The SMILES string of the molecule is C=COC1CCC2C3CCC4=CC(=O)CCC4C3CCC12C. The van der Waals surface area contributed by atoms with Gasteiger partial charge in [-0.25, -0.2) is 0 Å². The summed E-state index contributed by atoms with van der Waals surface area (Å²) >= 11 is 0. The summed E-state index contributed by atoms with van der Waals surface area (Å²) in [4.78, 5) is 11.7. The van der Waals surface area contributed by atoms with Crippen molar-refractivity contribution in [2.45, 2.75) is 64.4 Å². The lowest BCUT2D eigenvalue weighted by atomic mass is 9.52. The van der Waals surface area contributed by atoms with Gasteiger partial charge in [-0.1, -0.05) is 19.1 Å². The van der Waals surface area contributed by atoms with E-state index in [4.69, 9.17) is 4.74 Å². The summed E-state index contributed by atoms with van der Waals surface area (Å²) in [6.07, 6.45) is 13.5. The van der Waals surface area contributed by atoms with Crippen LogP contribution in [0.5, 0.6) is 0 Å². The van der Waals surface area contributed by atoms with Crippen LogP contribution in [-0.4, -0.2) is 11.9 Å². The molecule has 0 bridgehead atoms. The fraction of sp³-hybridized carbons (Fsp3) is 0.750. The van der Waals surface area contributed by atoms with Crippen LogP contribution in [0.15, 0.2) is 24.5 Å². The van der Waals surface area contributed by atoms with Gasteiger partial charge in [-0.3, -0.25) is 4.79 Å². The van der Waals surface area contributed by atoms with Gasteiger partial charge in [0.1, 0.15) is 6.10 Å². The van der Waals surface area contributed by atoms with E-state index in [2.05, 4.69) is 13.5 Å². The molecule has 0 radical (unpaired) electrons. The number of hydrogen-bond donors (Lipinski definition) is 0. The number of carbonyl (C=O) groups is 1. The molecular weight excluding hydrogens is 272 g/mol. The standard InChI is InChI=1S/C20H28O2/c1-3-22-19-9-8-18-17-6-4-13-12-14(21)5-7-15(13)16(17)10-11-20(18,19)2/h3,12,15-19H,1,4-11H2,2H3. The minimum Gasteiger partial charge on any atom is -0.498 e. The van der Waals surface area contributed by atoms with Gasteiger partial charge in [0.15, 0.2) is 5.78 Å². The van der Waals surface area contributed by atoms with Crippen LogP contribution in [0, 0.1) is 29.1 Å². The molecular formula is C20H28O2. The molecule has 0 aromatic rings. The minimum absolute atomic E-state index is 0.348. The van der Waals surface area contributed by atoms with E-state index >= 15 is 0 Å². The molecule has 0 heterocycles. The third kappa shape index (κ3) is 2.02. The van der Waals surface area contributed by atoms with E-state index in [0.717, 1.165) is 37.0 Å². The highest BCUT2D eigenvalue weighted by molar-refractivity contribution is 5.91. The second kappa shape index (κ2) is 5.25. The second-order valence-corrected chi connectivity index (χ2v) is 8.22. The van der Waals surface area contributed by atoms with Crippen LogP contribution < -0.4 is 0 Å². The average molecular weight is 300 g/mol. The maximum absolute atomic E-state index is 11.7. The monoisotopic (exact) mass is 300 g/mol. The van der Waals surface area contributed by atoms with Crippen LogP contribution >= 0.6 is 0 Å².